The first-order valence-electron chi connectivity index (χ1n) is 5.78. The summed E-state index contributed by atoms with van der Waals surface area (Å²) in [5.41, 5.74) is 2.50. The summed E-state index contributed by atoms with van der Waals surface area (Å²) in [7, 11) is 0. The molecule has 0 radical (unpaired) electrons. The largest absolute Gasteiger partial charge is 0.506 e. The van der Waals surface area contributed by atoms with Crippen molar-refractivity contribution in [3.8, 4) is 16.9 Å². The van der Waals surface area contributed by atoms with Crippen LogP contribution in [-0.2, 0) is 0 Å². The fourth-order valence-electron chi connectivity index (χ4n) is 1.97. The maximum Gasteiger partial charge on any atom is 0.258 e. The highest BCUT2D eigenvalue weighted by molar-refractivity contribution is 5.88. The number of aryl methyl sites for hydroxylation is 1. The highest BCUT2D eigenvalue weighted by Gasteiger charge is 2.08. The van der Waals surface area contributed by atoms with Crippen LogP contribution in [0.3, 0.4) is 0 Å². The third-order valence-electron chi connectivity index (χ3n) is 2.97. The van der Waals surface area contributed by atoms with Gasteiger partial charge in [0.2, 0.25) is 0 Å². The number of fused-ring (bicyclic) bond motifs is 1. The molecule has 2 N–H and O–H groups in total. The van der Waals surface area contributed by atoms with Crippen molar-refractivity contribution in [2.24, 2.45) is 0 Å². The van der Waals surface area contributed by atoms with Crippen LogP contribution in [0.4, 0.5) is 0 Å². The molecule has 0 saturated heterocycles. The second kappa shape index (κ2) is 4.20. The topological polar surface area (TPSA) is 78.9 Å². The average Bonchev–Trinajstić information content (AvgIpc) is 2.41. The summed E-state index contributed by atoms with van der Waals surface area (Å²) >= 11 is 0. The summed E-state index contributed by atoms with van der Waals surface area (Å²) in [6, 6.07) is 7.06. The molecule has 0 aliphatic carbocycles. The molecule has 5 nitrogen and oxygen atoms in total. The second-order valence-electron chi connectivity index (χ2n) is 4.31. The molecule has 19 heavy (non-hydrogen) atoms. The SMILES string of the molecule is Cc1ccc(-c2cc(O)c3nc[nH]c(=O)c3c2)cn1. The van der Waals surface area contributed by atoms with Gasteiger partial charge in [-0.15, -0.1) is 0 Å². The molecule has 2 heterocycles. The smallest absolute Gasteiger partial charge is 0.258 e. The Bertz CT molecular complexity index is 807. The van der Waals surface area contributed by atoms with E-state index in [9.17, 15) is 9.90 Å². The van der Waals surface area contributed by atoms with Gasteiger partial charge in [-0.1, -0.05) is 6.07 Å². The molecule has 0 amide bonds. The molecule has 94 valence electrons. The molecule has 0 unspecified atom stereocenters. The van der Waals surface area contributed by atoms with Gasteiger partial charge in [-0.3, -0.25) is 9.78 Å². The Labute approximate surface area is 108 Å². The number of H-pyrrole nitrogens is 1. The van der Waals surface area contributed by atoms with E-state index >= 15 is 0 Å². The third kappa shape index (κ3) is 1.95. The number of hydrogen-bond acceptors (Lipinski definition) is 4. The summed E-state index contributed by atoms with van der Waals surface area (Å²) in [6.45, 7) is 1.90. The van der Waals surface area contributed by atoms with Gasteiger partial charge in [0, 0.05) is 17.5 Å². The number of nitrogens with one attached hydrogen (secondary N) is 1. The van der Waals surface area contributed by atoms with Crippen LogP contribution in [0, 0.1) is 6.92 Å². The number of aromatic hydroxyl groups is 1. The monoisotopic (exact) mass is 253 g/mol. The van der Waals surface area contributed by atoms with Gasteiger partial charge in [-0.25, -0.2) is 4.98 Å². The summed E-state index contributed by atoms with van der Waals surface area (Å²) < 4.78 is 0. The van der Waals surface area contributed by atoms with Crippen molar-refractivity contribution < 1.29 is 5.11 Å². The molecule has 1 aromatic carbocycles. The van der Waals surface area contributed by atoms with E-state index in [4.69, 9.17) is 0 Å². The van der Waals surface area contributed by atoms with E-state index in [2.05, 4.69) is 15.0 Å². The summed E-state index contributed by atoms with van der Waals surface area (Å²) in [6.07, 6.45) is 2.98. The zero-order valence-electron chi connectivity index (χ0n) is 10.2. The normalized spacial score (nSPS) is 10.8. The van der Waals surface area contributed by atoms with Crippen LogP contribution in [0.5, 0.6) is 5.75 Å². The molecule has 0 fully saturated rings. The molecule has 0 aliphatic heterocycles. The number of hydrogen-bond donors (Lipinski definition) is 2. The van der Waals surface area contributed by atoms with Crippen molar-refractivity contribution in [2.45, 2.75) is 6.92 Å². The standard InChI is InChI=1S/C14H11N3O2/c1-8-2-3-9(6-15-8)10-4-11-13(12(18)5-10)16-7-17-14(11)19/h2-7,18H,1H3,(H,16,17,19). The number of phenolic OH excluding ortho intramolecular Hbond substituents is 1. The van der Waals surface area contributed by atoms with Crippen LogP contribution in [0.25, 0.3) is 22.0 Å². The Morgan fingerprint density at radius 3 is 2.74 bits per heavy atom. The highest BCUT2D eigenvalue weighted by atomic mass is 16.3. The lowest BCUT2D eigenvalue weighted by molar-refractivity contribution is 0.480. The Kier molecular flexibility index (Phi) is 2.52. The molecular formula is C14H11N3O2. The number of pyridine rings is 1. The van der Waals surface area contributed by atoms with Gasteiger partial charge in [0.1, 0.15) is 11.3 Å². The first kappa shape index (κ1) is 11.4. The summed E-state index contributed by atoms with van der Waals surface area (Å²) in [5.74, 6) is -0.0147. The predicted molar refractivity (Wildman–Crippen MR) is 72.0 cm³/mol. The Balaban J connectivity index is 2.29. The van der Waals surface area contributed by atoms with E-state index in [-0.39, 0.29) is 11.3 Å². The molecule has 3 rings (SSSR count). The highest BCUT2D eigenvalue weighted by Crippen LogP contribution is 2.28. The number of aromatic amines is 1. The van der Waals surface area contributed by atoms with E-state index in [1.165, 1.54) is 6.33 Å². The van der Waals surface area contributed by atoms with Gasteiger partial charge >= 0.3 is 0 Å². The van der Waals surface area contributed by atoms with Crippen molar-refractivity contribution in [2.75, 3.05) is 0 Å². The molecule has 0 aliphatic rings. The minimum atomic E-state index is -0.276. The number of aromatic nitrogens is 3. The van der Waals surface area contributed by atoms with E-state index in [0.29, 0.717) is 10.9 Å². The van der Waals surface area contributed by atoms with Gasteiger partial charge in [0.05, 0.1) is 11.7 Å². The van der Waals surface area contributed by atoms with Crippen LogP contribution in [0.1, 0.15) is 5.69 Å². The third-order valence-corrected chi connectivity index (χ3v) is 2.97. The Morgan fingerprint density at radius 2 is 2.00 bits per heavy atom. The van der Waals surface area contributed by atoms with Crippen LogP contribution >= 0.6 is 0 Å². The van der Waals surface area contributed by atoms with Gasteiger partial charge in [0.25, 0.3) is 5.56 Å². The lowest BCUT2D eigenvalue weighted by Crippen LogP contribution is -2.06. The summed E-state index contributed by atoms with van der Waals surface area (Å²) in [5, 5.41) is 10.3. The zero-order chi connectivity index (χ0) is 13.4. The van der Waals surface area contributed by atoms with Crippen molar-refractivity contribution in [3.63, 3.8) is 0 Å². The fraction of sp³-hybridized carbons (Fsp3) is 0.0714. The van der Waals surface area contributed by atoms with Crippen molar-refractivity contribution >= 4 is 10.9 Å². The van der Waals surface area contributed by atoms with Crippen LogP contribution in [0.2, 0.25) is 0 Å². The molecule has 2 aromatic heterocycles. The van der Waals surface area contributed by atoms with Gasteiger partial charge in [-0.2, -0.15) is 0 Å². The lowest BCUT2D eigenvalue weighted by atomic mass is 10.0. The van der Waals surface area contributed by atoms with Crippen LogP contribution in [0.15, 0.2) is 41.6 Å². The molecule has 3 aromatic rings. The van der Waals surface area contributed by atoms with Crippen LogP contribution in [-0.4, -0.2) is 20.1 Å². The number of rotatable bonds is 1. The van der Waals surface area contributed by atoms with E-state index in [0.717, 1.165) is 16.8 Å². The van der Waals surface area contributed by atoms with Crippen molar-refractivity contribution in [1.82, 2.24) is 15.0 Å². The van der Waals surface area contributed by atoms with Crippen LogP contribution < -0.4 is 5.56 Å². The number of benzene rings is 1. The predicted octanol–water partition coefficient (Wildman–Crippen LogP) is 2.00. The minimum absolute atomic E-state index is 0.0147. The maximum atomic E-state index is 11.7. The number of phenols is 1. The second-order valence-corrected chi connectivity index (χ2v) is 4.31. The molecule has 0 spiro atoms. The first-order valence-corrected chi connectivity index (χ1v) is 5.78. The van der Waals surface area contributed by atoms with Crippen molar-refractivity contribution in [3.05, 3.63) is 52.8 Å². The van der Waals surface area contributed by atoms with E-state index in [1.807, 2.05) is 19.1 Å². The minimum Gasteiger partial charge on any atom is -0.506 e. The lowest BCUT2D eigenvalue weighted by Gasteiger charge is -2.05. The van der Waals surface area contributed by atoms with Gasteiger partial charge in [0.15, 0.2) is 0 Å². The average molecular weight is 253 g/mol. The maximum absolute atomic E-state index is 11.7. The Hall–Kier alpha value is -2.69. The number of nitrogens with zero attached hydrogens (tertiary/aromatic N) is 2. The quantitative estimate of drug-likeness (QED) is 0.695. The first-order chi connectivity index (χ1) is 9.15. The molecule has 0 bridgehead atoms. The van der Waals surface area contributed by atoms with E-state index < -0.39 is 0 Å². The fourth-order valence-corrected chi connectivity index (χ4v) is 1.97. The van der Waals surface area contributed by atoms with Gasteiger partial charge < -0.3 is 10.1 Å². The van der Waals surface area contributed by atoms with E-state index in [1.54, 1.807) is 18.3 Å². The van der Waals surface area contributed by atoms with Gasteiger partial charge in [-0.05, 0) is 30.7 Å². The summed E-state index contributed by atoms with van der Waals surface area (Å²) in [4.78, 5) is 22.4. The molecule has 0 atom stereocenters. The Morgan fingerprint density at radius 1 is 1.16 bits per heavy atom. The zero-order valence-corrected chi connectivity index (χ0v) is 10.2. The molecular weight excluding hydrogens is 242 g/mol. The molecule has 0 saturated carbocycles. The van der Waals surface area contributed by atoms with Crippen molar-refractivity contribution in [1.29, 1.82) is 0 Å². The molecule has 5 heteroatoms.